The lowest BCUT2D eigenvalue weighted by Crippen LogP contribution is -2.86. The van der Waals surface area contributed by atoms with Crippen molar-refractivity contribution in [1.82, 2.24) is 5.32 Å². The molecule has 0 radical (unpaired) electrons. The summed E-state index contributed by atoms with van der Waals surface area (Å²) in [6.45, 7) is 6.60. The molecule has 1 aliphatic carbocycles. The first-order valence-electron chi connectivity index (χ1n) is 11.0. The van der Waals surface area contributed by atoms with E-state index in [2.05, 4.69) is 24.5 Å². The minimum atomic E-state index is -0.401. The molecule has 2 aliphatic rings. The van der Waals surface area contributed by atoms with E-state index in [4.69, 9.17) is 9.47 Å². The summed E-state index contributed by atoms with van der Waals surface area (Å²) < 4.78 is 11.2. The summed E-state index contributed by atoms with van der Waals surface area (Å²) in [7, 11) is 0. The molecule has 0 spiro atoms. The van der Waals surface area contributed by atoms with Gasteiger partial charge in [0.2, 0.25) is 0 Å². The van der Waals surface area contributed by atoms with Gasteiger partial charge >= 0.3 is 12.1 Å². The molecule has 3 rings (SSSR count). The number of carbonyl (C=O) groups excluding carboxylic acids is 2. The van der Waals surface area contributed by atoms with Crippen LogP contribution in [0.15, 0.2) is 30.3 Å². The van der Waals surface area contributed by atoms with Crippen molar-refractivity contribution in [2.24, 2.45) is 11.8 Å². The van der Waals surface area contributed by atoms with E-state index in [1.54, 1.807) is 0 Å². The zero-order chi connectivity index (χ0) is 20.7. The quantitative estimate of drug-likeness (QED) is 0.716. The Hall–Kier alpha value is -2.08. The van der Waals surface area contributed by atoms with Crippen LogP contribution >= 0.6 is 0 Å². The van der Waals surface area contributed by atoms with Crippen LogP contribution in [0.4, 0.5) is 4.79 Å². The second-order valence-electron chi connectivity index (χ2n) is 8.92. The molecule has 0 aromatic heterocycles. The van der Waals surface area contributed by atoms with Crippen LogP contribution in [-0.2, 0) is 20.9 Å². The lowest BCUT2D eigenvalue weighted by Gasteiger charge is -2.37. The molecule has 1 aliphatic heterocycles. The number of hydrogen-bond acceptors (Lipinski definition) is 4. The third-order valence-corrected chi connectivity index (χ3v) is 6.38. The number of quaternary nitrogens is 1. The van der Waals surface area contributed by atoms with E-state index >= 15 is 0 Å². The molecule has 6 heteroatoms. The van der Waals surface area contributed by atoms with Gasteiger partial charge in [-0.1, -0.05) is 30.3 Å². The Kier molecular flexibility index (Phi) is 7.53. The number of nitrogens with one attached hydrogen (secondary N) is 1. The molecule has 1 amide bonds. The van der Waals surface area contributed by atoms with Gasteiger partial charge in [0.05, 0.1) is 19.0 Å². The summed E-state index contributed by atoms with van der Waals surface area (Å²) in [4.78, 5) is 24.7. The molecule has 0 atom stereocenters. The summed E-state index contributed by atoms with van der Waals surface area (Å²) in [5, 5.41) is 5.26. The van der Waals surface area contributed by atoms with Gasteiger partial charge in [0, 0.05) is 24.8 Å². The Morgan fingerprint density at radius 3 is 2.34 bits per heavy atom. The van der Waals surface area contributed by atoms with E-state index < -0.39 is 11.7 Å². The highest BCUT2D eigenvalue weighted by molar-refractivity contribution is 5.73. The lowest BCUT2D eigenvalue weighted by molar-refractivity contribution is -0.665. The third kappa shape index (κ3) is 6.46. The van der Waals surface area contributed by atoms with Crippen LogP contribution in [0.3, 0.4) is 0 Å². The number of hydrogen-bond donors (Lipinski definition) is 2. The predicted molar refractivity (Wildman–Crippen MR) is 110 cm³/mol. The van der Waals surface area contributed by atoms with Crippen LogP contribution in [-0.4, -0.2) is 36.8 Å². The third-order valence-electron chi connectivity index (χ3n) is 6.38. The van der Waals surface area contributed by atoms with Crippen molar-refractivity contribution in [1.29, 1.82) is 0 Å². The van der Waals surface area contributed by atoms with Gasteiger partial charge in [-0.15, -0.1) is 0 Å². The number of ether oxygens (including phenoxy) is 2. The van der Waals surface area contributed by atoms with Crippen LogP contribution in [0.1, 0.15) is 57.9 Å². The van der Waals surface area contributed by atoms with Crippen molar-refractivity contribution in [3.63, 3.8) is 0 Å². The van der Waals surface area contributed by atoms with Crippen LogP contribution in [0.25, 0.3) is 0 Å². The average molecular weight is 404 g/mol. The van der Waals surface area contributed by atoms with Gasteiger partial charge < -0.3 is 20.1 Å². The molecule has 2 fully saturated rings. The van der Waals surface area contributed by atoms with Crippen molar-refractivity contribution in [3.05, 3.63) is 35.9 Å². The Balaban J connectivity index is 1.38. The van der Waals surface area contributed by atoms with E-state index in [9.17, 15) is 9.59 Å². The summed E-state index contributed by atoms with van der Waals surface area (Å²) in [5.41, 5.74) is 0.564. The van der Waals surface area contributed by atoms with Gasteiger partial charge in [-0.05, 0) is 45.1 Å². The summed E-state index contributed by atoms with van der Waals surface area (Å²) in [6.07, 6.45) is 4.85. The smallest absolute Gasteiger partial charge is 0.407 e. The SMILES string of the molecule is CC(C)(OC(=O)C1CCC(NC(=O)OCc2ccccc2)CC1)C1CC[NH2+]CC1. The van der Waals surface area contributed by atoms with Crippen molar-refractivity contribution in [3.8, 4) is 0 Å². The lowest BCUT2D eigenvalue weighted by atomic mass is 9.82. The first-order valence-corrected chi connectivity index (χ1v) is 11.0. The first-order chi connectivity index (χ1) is 13.9. The fourth-order valence-corrected chi connectivity index (χ4v) is 4.45. The molecule has 160 valence electrons. The van der Waals surface area contributed by atoms with Gasteiger partial charge in [0.1, 0.15) is 12.2 Å². The standard InChI is InChI=1S/C23H34N2O4/c1-23(2,19-12-14-24-15-13-19)29-21(26)18-8-10-20(11-9-18)25-22(27)28-16-17-6-4-3-5-7-17/h3-7,18-20,24H,8-16H2,1-2H3,(H,25,27)/p+1. The molecular formula is C23H35N2O4+. The molecule has 1 heterocycles. The molecule has 1 saturated heterocycles. The average Bonchev–Trinajstić information content (AvgIpc) is 2.74. The fourth-order valence-electron chi connectivity index (χ4n) is 4.45. The zero-order valence-electron chi connectivity index (χ0n) is 17.7. The first kappa shape index (κ1) is 21.6. The number of benzene rings is 1. The molecule has 3 N–H and O–H groups in total. The number of amides is 1. The number of rotatable bonds is 6. The second-order valence-corrected chi connectivity index (χ2v) is 8.92. The van der Waals surface area contributed by atoms with Gasteiger partial charge in [-0.25, -0.2) is 4.79 Å². The van der Waals surface area contributed by atoms with Crippen molar-refractivity contribution >= 4 is 12.1 Å². The number of alkyl carbamates (subject to hydrolysis) is 1. The molecule has 1 aromatic rings. The summed E-state index contributed by atoms with van der Waals surface area (Å²) in [5.74, 6) is 0.298. The van der Waals surface area contributed by atoms with Crippen LogP contribution in [0, 0.1) is 11.8 Å². The number of esters is 1. The van der Waals surface area contributed by atoms with E-state index in [-0.39, 0.29) is 24.5 Å². The van der Waals surface area contributed by atoms with Crippen LogP contribution < -0.4 is 10.6 Å². The van der Waals surface area contributed by atoms with Gasteiger partial charge in [0.15, 0.2) is 0 Å². The number of piperidine rings is 1. The topological polar surface area (TPSA) is 81.2 Å². The van der Waals surface area contributed by atoms with Gasteiger partial charge in [-0.3, -0.25) is 4.79 Å². The maximum Gasteiger partial charge on any atom is 0.407 e. The highest BCUT2D eigenvalue weighted by atomic mass is 16.6. The number of nitrogens with two attached hydrogens (primary N) is 1. The highest BCUT2D eigenvalue weighted by Gasteiger charge is 2.38. The van der Waals surface area contributed by atoms with Crippen LogP contribution in [0.5, 0.6) is 0 Å². The number of carbonyl (C=O) groups is 2. The normalized spacial score (nSPS) is 23.2. The van der Waals surface area contributed by atoms with E-state index in [1.807, 2.05) is 30.3 Å². The predicted octanol–water partition coefficient (Wildman–Crippen LogP) is 2.77. The Morgan fingerprint density at radius 1 is 1.03 bits per heavy atom. The van der Waals surface area contributed by atoms with Gasteiger partial charge in [-0.2, -0.15) is 0 Å². The van der Waals surface area contributed by atoms with Crippen molar-refractivity contribution < 1.29 is 24.4 Å². The maximum atomic E-state index is 12.7. The second kappa shape index (κ2) is 10.1. The summed E-state index contributed by atoms with van der Waals surface area (Å²) in [6, 6.07) is 9.69. The van der Waals surface area contributed by atoms with Crippen molar-refractivity contribution in [2.45, 2.75) is 70.6 Å². The molecule has 6 nitrogen and oxygen atoms in total. The van der Waals surface area contributed by atoms with Crippen molar-refractivity contribution in [2.75, 3.05) is 13.1 Å². The minimum Gasteiger partial charge on any atom is -0.459 e. The minimum absolute atomic E-state index is 0.0595. The molecule has 29 heavy (non-hydrogen) atoms. The molecule has 0 bridgehead atoms. The van der Waals surface area contributed by atoms with E-state index in [0.29, 0.717) is 5.92 Å². The largest absolute Gasteiger partial charge is 0.459 e. The summed E-state index contributed by atoms with van der Waals surface area (Å²) >= 11 is 0. The van der Waals surface area contributed by atoms with E-state index in [1.165, 1.54) is 0 Å². The highest BCUT2D eigenvalue weighted by Crippen LogP contribution is 2.32. The zero-order valence-corrected chi connectivity index (χ0v) is 17.7. The molecular weight excluding hydrogens is 368 g/mol. The Bertz CT molecular complexity index is 663. The Morgan fingerprint density at radius 2 is 1.69 bits per heavy atom. The van der Waals surface area contributed by atoms with E-state index in [0.717, 1.165) is 57.2 Å². The fraction of sp³-hybridized carbons (Fsp3) is 0.652. The van der Waals surface area contributed by atoms with Crippen LogP contribution in [0.2, 0.25) is 0 Å². The molecule has 1 aromatic carbocycles. The molecule has 1 saturated carbocycles. The Labute approximate surface area is 173 Å². The van der Waals surface area contributed by atoms with Gasteiger partial charge in [0.25, 0.3) is 0 Å². The monoisotopic (exact) mass is 403 g/mol. The maximum absolute atomic E-state index is 12.7. The molecule has 0 unspecified atom stereocenters.